The molecule has 2 heterocycles. The van der Waals surface area contributed by atoms with Crippen molar-refractivity contribution in [1.29, 1.82) is 0 Å². The van der Waals surface area contributed by atoms with Crippen molar-refractivity contribution in [2.75, 3.05) is 13.1 Å². The molecular formula is C14H29N3. The Balaban J connectivity index is 2.09. The zero-order valence-electron chi connectivity index (χ0n) is 12.1. The molecule has 1 atom stereocenters. The highest BCUT2D eigenvalue weighted by Gasteiger charge is 2.41. The number of nitrogens with one attached hydrogen (secondary N) is 2. The molecule has 2 rings (SSSR count). The predicted octanol–water partition coefficient (Wildman–Crippen LogP) is 1.94. The molecule has 100 valence electrons. The molecule has 0 spiro atoms. The van der Waals surface area contributed by atoms with Crippen molar-refractivity contribution in [2.45, 2.75) is 77.2 Å². The second-order valence-electron chi connectivity index (χ2n) is 7.18. The number of hydrogen-bond donors (Lipinski definition) is 2. The average Bonchev–Trinajstić information content (AvgIpc) is 2.13. The largest absolute Gasteiger partial charge is 0.307 e. The van der Waals surface area contributed by atoms with Gasteiger partial charge in [-0.25, -0.2) is 0 Å². The zero-order valence-corrected chi connectivity index (χ0v) is 12.1. The van der Waals surface area contributed by atoms with E-state index in [2.05, 4.69) is 50.2 Å². The predicted molar refractivity (Wildman–Crippen MR) is 73.1 cm³/mol. The summed E-state index contributed by atoms with van der Waals surface area (Å²) in [5, 5.41) is 7.36. The molecule has 0 aromatic heterocycles. The summed E-state index contributed by atoms with van der Waals surface area (Å²) < 4.78 is 0. The van der Waals surface area contributed by atoms with Crippen LogP contribution < -0.4 is 10.6 Å². The lowest BCUT2D eigenvalue weighted by Crippen LogP contribution is -2.65. The smallest absolute Gasteiger partial charge is 0.0570 e. The summed E-state index contributed by atoms with van der Waals surface area (Å²) in [7, 11) is 0. The summed E-state index contributed by atoms with van der Waals surface area (Å²) >= 11 is 0. The van der Waals surface area contributed by atoms with E-state index in [0.29, 0.717) is 12.2 Å². The fourth-order valence-electron chi connectivity index (χ4n) is 3.89. The second-order valence-corrected chi connectivity index (χ2v) is 7.18. The average molecular weight is 239 g/mol. The maximum absolute atomic E-state index is 3.77. The van der Waals surface area contributed by atoms with Crippen molar-refractivity contribution in [3.8, 4) is 0 Å². The van der Waals surface area contributed by atoms with Gasteiger partial charge in [-0.2, -0.15) is 0 Å². The third kappa shape index (κ3) is 3.21. The SMILES string of the molecule is CC1NCCCN1C1CC(C)(C)NC(C)(C)C1. The van der Waals surface area contributed by atoms with E-state index in [4.69, 9.17) is 0 Å². The minimum Gasteiger partial charge on any atom is -0.307 e. The highest BCUT2D eigenvalue weighted by molar-refractivity contribution is 5.01. The summed E-state index contributed by atoms with van der Waals surface area (Å²) in [4.78, 5) is 2.67. The first-order valence-corrected chi connectivity index (χ1v) is 7.08. The molecule has 2 aliphatic heterocycles. The van der Waals surface area contributed by atoms with Crippen molar-refractivity contribution >= 4 is 0 Å². The minimum atomic E-state index is 0.254. The number of piperidine rings is 1. The summed E-state index contributed by atoms with van der Waals surface area (Å²) in [6.45, 7) is 14.1. The monoisotopic (exact) mass is 239 g/mol. The number of rotatable bonds is 1. The van der Waals surface area contributed by atoms with Crippen molar-refractivity contribution in [2.24, 2.45) is 0 Å². The first-order valence-electron chi connectivity index (χ1n) is 7.08. The molecular weight excluding hydrogens is 210 g/mol. The first-order chi connectivity index (χ1) is 7.79. The maximum Gasteiger partial charge on any atom is 0.0570 e. The molecule has 2 N–H and O–H groups in total. The Labute approximate surface area is 106 Å². The maximum atomic E-state index is 3.77. The van der Waals surface area contributed by atoms with E-state index in [9.17, 15) is 0 Å². The second kappa shape index (κ2) is 4.52. The van der Waals surface area contributed by atoms with Gasteiger partial charge in [-0.15, -0.1) is 0 Å². The highest BCUT2D eigenvalue weighted by atomic mass is 15.3. The fraction of sp³-hybridized carbons (Fsp3) is 1.00. The van der Waals surface area contributed by atoms with Crippen molar-refractivity contribution < 1.29 is 0 Å². The first kappa shape index (κ1) is 13.3. The Morgan fingerprint density at radius 1 is 1.06 bits per heavy atom. The van der Waals surface area contributed by atoms with Gasteiger partial charge in [0.1, 0.15) is 0 Å². The summed E-state index contributed by atoms with van der Waals surface area (Å²) in [6, 6.07) is 0.712. The molecule has 0 radical (unpaired) electrons. The molecule has 0 aromatic carbocycles. The quantitative estimate of drug-likeness (QED) is 0.732. The van der Waals surface area contributed by atoms with Gasteiger partial charge in [0.25, 0.3) is 0 Å². The van der Waals surface area contributed by atoms with Crippen LogP contribution in [-0.2, 0) is 0 Å². The van der Waals surface area contributed by atoms with E-state index in [0.717, 1.165) is 0 Å². The van der Waals surface area contributed by atoms with Crippen molar-refractivity contribution in [1.82, 2.24) is 15.5 Å². The van der Waals surface area contributed by atoms with Gasteiger partial charge in [-0.05, 0) is 60.4 Å². The van der Waals surface area contributed by atoms with Crippen LogP contribution in [0.25, 0.3) is 0 Å². The highest BCUT2D eigenvalue weighted by Crippen LogP contribution is 2.32. The molecule has 0 aromatic rings. The van der Waals surface area contributed by atoms with E-state index in [1.807, 2.05) is 0 Å². The van der Waals surface area contributed by atoms with Crippen LogP contribution in [-0.4, -0.2) is 41.3 Å². The molecule has 3 nitrogen and oxygen atoms in total. The molecule has 1 unspecified atom stereocenters. The zero-order chi connectivity index (χ0) is 12.7. The molecule has 2 saturated heterocycles. The van der Waals surface area contributed by atoms with Crippen LogP contribution in [0.5, 0.6) is 0 Å². The standard InChI is InChI=1S/C14H29N3/c1-11-15-7-6-8-17(11)12-9-13(2,3)16-14(4,5)10-12/h11-12,15-16H,6-10H2,1-5H3. The third-order valence-electron chi connectivity index (χ3n) is 4.17. The Bertz CT molecular complexity index is 257. The van der Waals surface area contributed by atoms with Crippen molar-refractivity contribution in [3.63, 3.8) is 0 Å². The van der Waals surface area contributed by atoms with Gasteiger partial charge in [0.2, 0.25) is 0 Å². The topological polar surface area (TPSA) is 27.3 Å². The van der Waals surface area contributed by atoms with E-state index in [1.165, 1.54) is 32.4 Å². The van der Waals surface area contributed by atoms with Crippen molar-refractivity contribution in [3.05, 3.63) is 0 Å². The van der Waals surface area contributed by atoms with E-state index in [-0.39, 0.29) is 11.1 Å². The van der Waals surface area contributed by atoms with Gasteiger partial charge in [-0.1, -0.05) is 0 Å². The number of hydrogen-bond acceptors (Lipinski definition) is 3. The van der Waals surface area contributed by atoms with Gasteiger partial charge in [-0.3, -0.25) is 4.90 Å². The van der Waals surface area contributed by atoms with Gasteiger partial charge >= 0.3 is 0 Å². The van der Waals surface area contributed by atoms with Crippen LogP contribution in [0.1, 0.15) is 53.9 Å². The van der Waals surface area contributed by atoms with Crippen LogP contribution in [0.4, 0.5) is 0 Å². The minimum absolute atomic E-state index is 0.254. The fourth-order valence-corrected chi connectivity index (χ4v) is 3.89. The van der Waals surface area contributed by atoms with Crippen LogP contribution in [0, 0.1) is 0 Å². The Hall–Kier alpha value is -0.120. The van der Waals surface area contributed by atoms with Gasteiger partial charge in [0.15, 0.2) is 0 Å². The van der Waals surface area contributed by atoms with Crippen LogP contribution >= 0.6 is 0 Å². The molecule has 0 bridgehead atoms. The summed E-state index contributed by atoms with van der Waals surface area (Å²) in [6.07, 6.45) is 4.33. The molecule has 0 saturated carbocycles. The molecule has 17 heavy (non-hydrogen) atoms. The van der Waals surface area contributed by atoms with E-state index < -0.39 is 0 Å². The molecule has 2 aliphatic rings. The van der Waals surface area contributed by atoms with E-state index >= 15 is 0 Å². The molecule has 3 heteroatoms. The molecule has 0 aliphatic carbocycles. The third-order valence-corrected chi connectivity index (χ3v) is 4.17. The van der Waals surface area contributed by atoms with Gasteiger partial charge < -0.3 is 10.6 Å². The normalized spacial score (nSPS) is 34.8. The lowest BCUT2D eigenvalue weighted by atomic mass is 9.78. The lowest BCUT2D eigenvalue weighted by Gasteiger charge is -2.52. The lowest BCUT2D eigenvalue weighted by molar-refractivity contribution is 0.0202. The Morgan fingerprint density at radius 3 is 2.18 bits per heavy atom. The number of nitrogens with zero attached hydrogens (tertiary/aromatic N) is 1. The molecule has 2 fully saturated rings. The summed E-state index contributed by atoms with van der Waals surface area (Å²) in [5.74, 6) is 0. The van der Waals surface area contributed by atoms with Crippen LogP contribution in [0.15, 0.2) is 0 Å². The molecule has 0 amide bonds. The van der Waals surface area contributed by atoms with Gasteiger partial charge in [0.05, 0.1) is 6.17 Å². The van der Waals surface area contributed by atoms with E-state index in [1.54, 1.807) is 0 Å². The Kier molecular flexibility index (Phi) is 3.54. The van der Waals surface area contributed by atoms with Crippen LogP contribution in [0.3, 0.4) is 0 Å². The Morgan fingerprint density at radius 2 is 1.65 bits per heavy atom. The van der Waals surface area contributed by atoms with Gasteiger partial charge in [0, 0.05) is 23.7 Å². The van der Waals surface area contributed by atoms with Crippen LogP contribution in [0.2, 0.25) is 0 Å². The summed E-state index contributed by atoms with van der Waals surface area (Å²) in [5.41, 5.74) is 0.507.